The molecule has 0 aromatic rings. The largest absolute Gasteiger partial charge is 0.472 e. The van der Waals surface area contributed by atoms with E-state index >= 15 is 0 Å². The fourth-order valence-electron chi connectivity index (χ4n) is 10.3. The summed E-state index contributed by atoms with van der Waals surface area (Å²) in [5, 5.41) is 10.6. The maximum absolute atomic E-state index is 13.0. The second-order valence-electron chi connectivity index (χ2n) is 26.6. The summed E-state index contributed by atoms with van der Waals surface area (Å²) in [4.78, 5) is 72.5. The maximum atomic E-state index is 13.0. The van der Waals surface area contributed by atoms with E-state index < -0.39 is 97.5 Å². The molecule has 0 rings (SSSR count). The van der Waals surface area contributed by atoms with Crippen LogP contribution in [0.5, 0.6) is 0 Å². The number of ether oxygens (including phenoxy) is 4. The van der Waals surface area contributed by atoms with Crippen molar-refractivity contribution in [1.82, 2.24) is 0 Å². The third-order valence-electron chi connectivity index (χ3n) is 16.2. The number of hydrogen-bond acceptors (Lipinski definition) is 15. The van der Waals surface area contributed by atoms with E-state index in [0.717, 1.165) is 114 Å². The first-order valence-corrected chi connectivity index (χ1v) is 38.7. The Labute approximate surface area is 537 Å². The zero-order valence-electron chi connectivity index (χ0n) is 57.3. The normalized spacial score (nSPS) is 14.6. The SMILES string of the molecule is CCC(C)CCCCCCCCC(=O)O[C@H](COC(=O)CCCCCCCCCCC(C)C)COP(=O)(O)OCC(O)COP(=O)(O)OC[C@@H](COC(=O)CCCCCCCCCCCCC(C)C)OC(=O)CCCCCCCCCCCCCC(C)C. The standard InChI is InChI=1S/C69H134O17P2/c1-9-62(8)48-40-32-27-28-36-44-52-69(74)86-65(56-80-67(72)50-42-34-25-20-19-23-31-39-47-61(6)7)58-84-88(77,78)82-54-63(70)53-81-87(75,76)83-57-64(55-79-66(71)49-41-33-24-17-14-13-16-22-30-38-46-60(4)5)85-68(73)51-43-35-26-18-12-10-11-15-21-29-37-45-59(2)3/h59-65,70H,9-58H2,1-8H3,(H,75,76)(H,77,78)/t62?,63?,64-,65-/m1/s1. The number of aliphatic hydroxyl groups is 1. The predicted octanol–water partition coefficient (Wildman–Crippen LogP) is 19.3. The quantitative estimate of drug-likeness (QED) is 0.0222. The van der Waals surface area contributed by atoms with Crippen LogP contribution >= 0.6 is 15.6 Å². The number of phosphoric acid groups is 2. The number of carbonyl (C=O) groups is 4. The van der Waals surface area contributed by atoms with E-state index in [9.17, 15) is 43.2 Å². The lowest BCUT2D eigenvalue weighted by atomic mass is 10.00. The fourth-order valence-corrected chi connectivity index (χ4v) is 11.9. The number of hydrogen-bond donors (Lipinski definition) is 3. The average molecular weight is 1300 g/mol. The molecule has 0 heterocycles. The van der Waals surface area contributed by atoms with Crippen LogP contribution in [0.15, 0.2) is 0 Å². The zero-order valence-corrected chi connectivity index (χ0v) is 59.1. The van der Waals surface area contributed by atoms with Gasteiger partial charge in [-0.15, -0.1) is 0 Å². The molecule has 0 bridgehead atoms. The van der Waals surface area contributed by atoms with Gasteiger partial charge in [0.05, 0.1) is 26.4 Å². The van der Waals surface area contributed by atoms with Gasteiger partial charge in [-0.25, -0.2) is 9.13 Å². The smallest absolute Gasteiger partial charge is 0.462 e. The number of esters is 4. The minimum atomic E-state index is -4.95. The molecular weight excluding hydrogens is 1160 g/mol. The third kappa shape index (κ3) is 61.6. The van der Waals surface area contributed by atoms with E-state index in [4.69, 9.17) is 37.0 Å². The molecule has 0 aliphatic carbocycles. The average Bonchev–Trinajstić information content (AvgIpc) is 3.59. The molecule has 0 aliphatic heterocycles. The third-order valence-corrected chi connectivity index (χ3v) is 18.1. The van der Waals surface area contributed by atoms with Gasteiger partial charge in [-0.1, -0.05) is 287 Å². The molecule has 88 heavy (non-hydrogen) atoms. The summed E-state index contributed by atoms with van der Waals surface area (Å²) in [6, 6.07) is 0. The topological polar surface area (TPSA) is 237 Å². The maximum Gasteiger partial charge on any atom is 0.472 e. The van der Waals surface area contributed by atoms with Gasteiger partial charge in [0.1, 0.15) is 19.3 Å². The Bertz CT molecular complexity index is 1750. The van der Waals surface area contributed by atoms with Gasteiger partial charge in [0, 0.05) is 25.7 Å². The van der Waals surface area contributed by atoms with Gasteiger partial charge in [-0.3, -0.25) is 37.3 Å². The zero-order chi connectivity index (χ0) is 65.4. The van der Waals surface area contributed by atoms with Crippen molar-refractivity contribution in [2.75, 3.05) is 39.6 Å². The summed E-state index contributed by atoms with van der Waals surface area (Å²) in [7, 11) is -9.90. The van der Waals surface area contributed by atoms with Crippen LogP contribution in [0.2, 0.25) is 0 Å². The second kappa shape index (κ2) is 58.8. The Kier molecular flexibility index (Phi) is 57.6. The first-order valence-electron chi connectivity index (χ1n) is 35.7. The Hall–Kier alpha value is -1.94. The van der Waals surface area contributed by atoms with Crippen molar-refractivity contribution in [3.63, 3.8) is 0 Å². The van der Waals surface area contributed by atoms with Gasteiger partial charge in [-0.2, -0.15) is 0 Å². The molecule has 0 saturated carbocycles. The van der Waals surface area contributed by atoms with Crippen LogP contribution in [0.4, 0.5) is 0 Å². The summed E-state index contributed by atoms with van der Waals surface area (Å²) in [5.74, 6) is 0.837. The van der Waals surface area contributed by atoms with E-state index in [1.165, 1.54) is 141 Å². The Morgan fingerprint density at radius 2 is 0.545 bits per heavy atom. The summed E-state index contributed by atoms with van der Waals surface area (Å²) in [6.07, 6.45) is 40.3. The number of unbranched alkanes of at least 4 members (excludes halogenated alkanes) is 31. The van der Waals surface area contributed by atoms with Crippen LogP contribution in [0.25, 0.3) is 0 Å². The molecule has 0 spiro atoms. The van der Waals surface area contributed by atoms with Crippen molar-refractivity contribution in [2.24, 2.45) is 23.7 Å². The highest BCUT2D eigenvalue weighted by Gasteiger charge is 2.30. The summed E-state index contributed by atoms with van der Waals surface area (Å²) >= 11 is 0. The molecule has 0 aromatic carbocycles. The van der Waals surface area contributed by atoms with Crippen molar-refractivity contribution < 1.29 is 80.2 Å². The number of rotatable bonds is 66. The molecule has 0 fully saturated rings. The first kappa shape index (κ1) is 86.1. The van der Waals surface area contributed by atoms with Crippen molar-refractivity contribution in [3.05, 3.63) is 0 Å². The van der Waals surface area contributed by atoms with Crippen LogP contribution in [0, 0.1) is 23.7 Å². The van der Waals surface area contributed by atoms with E-state index in [-0.39, 0.29) is 25.7 Å². The van der Waals surface area contributed by atoms with Crippen molar-refractivity contribution in [2.45, 2.75) is 356 Å². The number of carbonyl (C=O) groups excluding carboxylic acids is 4. The second-order valence-corrected chi connectivity index (χ2v) is 29.5. The highest BCUT2D eigenvalue weighted by atomic mass is 31.2. The minimum absolute atomic E-state index is 0.102. The summed E-state index contributed by atoms with van der Waals surface area (Å²) in [6.45, 7) is 14.1. The van der Waals surface area contributed by atoms with Crippen molar-refractivity contribution in [3.8, 4) is 0 Å². The Morgan fingerprint density at radius 1 is 0.318 bits per heavy atom. The fraction of sp³-hybridized carbons (Fsp3) is 0.942. The molecule has 19 heteroatoms. The van der Waals surface area contributed by atoms with Gasteiger partial charge in [0.2, 0.25) is 0 Å². The highest BCUT2D eigenvalue weighted by Crippen LogP contribution is 2.45. The van der Waals surface area contributed by atoms with Crippen LogP contribution in [0.3, 0.4) is 0 Å². The molecule has 17 nitrogen and oxygen atoms in total. The lowest BCUT2D eigenvalue weighted by Gasteiger charge is -2.21. The molecule has 0 aliphatic rings. The Morgan fingerprint density at radius 3 is 0.807 bits per heavy atom. The van der Waals surface area contributed by atoms with E-state index in [1.54, 1.807) is 0 Å². The van der Waals surface area contributed by atoms with Gasteiger partial charge in [-0.05, 0) is 49.4 Å². The van der Waals surface area contributed by atoms with Gasteiger partial charge in [0.25, 0.3) is 0 Å². The predicted molar refractivity (Wildman–Crippen MR) is 354 cm³/mol. The van der Waals surface area contributed by atoms with Gasteiger partial charge >= 0.3 is 39.5 Å². The molecule has 0 aromatic heterocycles. The number of phosphoric ester groups is 2. The van der Waals surface area contributed by atoms with Crippen LogP contribution in [0.1, 0.15) is 338 Å². The monoisotopic (exact) mass is 1300 g/mol. The molecule has 0 saturated heterocycles. The molecule has 6 atom stereocenters. The summed E-state index contributed by atoms with van der Waals surface area (Å²) in [5.41, 5.74) is 0. The molecule has 0 amide bonds. The van der Waals surface area contributed by atoms with Gasteiger partial charge < -0.3 is 33.8 Å². The molecular formula is C69H134O17P2. The molecule has 4 unspecified atom stereocenters. The Balaban J connectivity index is 5.26. The lowest BCUT2D eigenvalue weighted by molar-refractivity contribution is -0.161. The summed E-state index contributed by atoms with van der Waals surface area (Å²) < 4.78 is 68.2. The van der Waals surface area contributed by atoms with Crippen LogP contribution in [-0.2, 0) is 65.4 Å². The number of aliphatic hydroxyl groups excluding tert-OH is 1. The van der Waals surface area contributed by atoms with E-state index in [0.29, 0.717) is 25.7 Å². The van der Waals surface area contributed by atoms with Gasteiger partial charge in [0.15, 0.2) is 12.2 Å². The molecule has 0 radical (unpaired) electrons. The first-order chi connectivity index (χ1) is 42.1. The van der Waals surface area contributed by atoms with Crippen LogP contribution in [-0.4, -0.2) is 96.7 Å². The van der Waals surface area contributed by atoms with E-state index in [1.807, 2.05) is 0 Å². The molecule has 522 valence electrons. The molecule has 3 N–H and O–H groups in total. The highest BCUT2D eigenvalue weighted by molar-refractivity contribution is 7.47. The minimum Gasteiger partial charge on any atom is -0.462 e. The lowest BCUT2D eigenvalue weighted by Crippen LogP contribution is -2.30. The van der Waals surface area contributed by atoms with E-state index in [2.05, 4.69) is 55.4 Å². The van der Waals surface area contributed by atoms with Crippen LogP contribution < -0.4 is 0 Å². The van der Waals surface area contributed by atoms with Crippen molar-refractivity contribution >= 4 is 39.5 Å². The van der Waals surface area contributed by atoms with Crippen molar-refractivity contribution in [1.29, 1.82) is 0 Å².